The van der Waals surface area contributed by atoms with Crippen molar-refractivity contribution < 1.29 is 39.3 Å². The van der Waals surface area contributed by atoms with Gasteiger partial charge in [0.05, 0.1) is 6.61 Å². The summed E-state index contributed by atoms with van der Waals surface area (Å²) in [6.07, 6.45) is -4.27. The van der Waals surface area contributed by atoms with Crippen LogP contribution < -0.4 is 11.4 Å². The van der Waals surface area contributed by atoms with Crippen LogP contribution >= 0.6 is 7.82 Å². The number of nitrogens with zero attached hydrogens (tertiary/aromatic N) is 2. The highest BCUT2D eigenvalue weighted by molar-refractivity contribution is 7.46. The molecule has 22 heavy (non-hydrogen) atoms. The number of phosphoric ester groups is 1. The van der Waals surface area contributed by atoms with Gasteiger partial charge in [0.1, 0.15) is 24.1 Å². The first-order chi connectivity index (χ1) is 9.69. The van der Waals surface area contributed by atoms with Crippen LogP contribution in [-0.2, 0) is 13.8 Å². The second-order valence-electron chi connectivity index (χ2n) is 4.37. The van der Waals surface area contributed by atoms with E-state index < -0.39 is 44.7 Å². The lowest BCUT2D eigenvalue weighted by Crippen LogP contribution is -2.36. The summed E-state index contributed by atoms with van der Waals surface area (Å²) in [6.45, 7) is -0.657. The largest absolute Gasteiger partial charge is 0.469 e. The zero-order valence-corrected chi connectivity index (χ0v) is 11.9. The Morgan fingerprint density at radius 1 is 1.41 bits per heavy atom. The Kier molecular flexibility index (Phi) is 5.78. The maximum atomic E-state index is 11.6. The quantitative estimate of drug-likeness (QED) is 0.345. The molecule has 1 saturated heterocycles. The molecule has 2 rings (SSSR count). The van der Waals surface area contributed by atoms with Gasteiger partial charge >= 0.3 is 13.5 Å². The van der Waals surface area contributed by atoms with Crippen LogP contribution in [-0.4, -0.2) is 59.9 Å². The molecule has 1 aromatic heterocycles. The van der Waals surface area contributed by atoms with E-state index in [1.54, 1.807) is 0 Å². The summed E-state index contributed by atoms with van der Waals surface area (Å²) in [5.41, 5.74) is 4.52. The summed E-state index contributed by atoms with van der Waals surface area (Å²) in [5, 5.41) is 19.6. The van der Waals surface area contributed by atoms with Gasteiger partial charge in [0.15, 0.2) is 6.23 Å². The normalized spacial score (nSPS) is 28.4. The first-order valence-electron chi connectivity index (χ1n) is 5.75. The predicted octanol–water partition coefficient (Wildman–Crippen LogP) is -3.27. The number of nitrogen functional groups attached to an aromatic ring is 1. The summed E-state index contributed by atoms with van der Waals surface area (Å²) < 4.78 is 20.9. The van der Waals surface area contributed by atoms with Crippen molar-refractivity contribution >= 4 is 13.6 Å². The van der Waals surface area contributed by atoms with E-state index in [9.17, 15) is 19.6 Å². The average molecular weight is 341 g/mol. The Bertz CT molecular complexity index is 617. The molecular formula is C9H16N3O9P. The van der Waals surface area contributed by atoms with Crippen molar-refractivity contribution in [2.24, 2.45) is 0 Å². The Balaban J connectivity index is 0.00000242. The number of nitrogens with two attached hydrogens (primary N) is 1. The molecule has 12 nitrogen and oxygen atoms in total. The van der Waals surface area contributed by atoms with Crippen molar-refractivity contribution in [3.8, 4) is 0 Å². The molecule has 1 aliphatic rings. The van der Waals surface area contributed by atoms with Gasteiger partial charge in [-0.1, -0.05) is 0 Å². The summed E-state index contributed by atoms with van der Waals surface area (Å²) in [5.74, 6) is -0.0225. The summed E-state index contributed by atoms with van der Waals surface area (Å²) >= 11 is 0. The molecule has 8 N–H and O–H groups in total. The zero-order chi connectivity index (χ0) is 15.8. The number of aliphatic hydroxyl groups is 2. The molecule has 0 radical (unpaired) electrons. The molecule has 4 atom stereocenters. The van der Waals surface area contributed by atoms with Crippen molar-refractivity contribution in [3.63, 3.8) is 0 Å². The maximum absolute atomic E-state index is 11.6. The van der Waals surface area contributed by atoms with E-state index >= 15 is 0 Å². The van der Waals surface area contributed by atoms with Gasteiger partial charge in [-0.15, -0.1) is 0 Å². The van der Waals surface area contributed by atoms with E-state index in [0.717, 1.165) is 4.57 Å². The Morgan fingerprint density at radius 3 is 2.59 bits per heavy atom. The Labute approximate surface area is 123 Å². The smallest absolute Gasteiger partial charge is 0.412 e. The molecule has 1 fully saturated rings. The third-order valence-electron chi connectivity index (χ3n) is 2.87. The van der Waals surface area contributed by atoms with E-state index in [4.69, 9.17) is 20.3 Å². The Morgan fingerprint density at radius 2 is 2.05 bits per heavy atom. The number of hydrogen-bond acceptors (Lipinski definition) is 8. The molecule has 1 aliphatic heterocycles. The fraction of sp³-hybridized carbons (Fsp3) is 0.556. The molecule has 13 heteroatoms. The fourth-order valence-electron chi connectivity index (χ4n) is 1.89. The monoisotopic (exact) mass is 341 g/mol. The molecule has 2 heterocycles. The van der Waals surface area contributed by atoms with E-state index in [2.05, 4.69) is 9.51 Å². The van der Waals surface area contributed by atoms with Gasteiger partial charge in [-0.25, -0.2) is 9.36 Å². The van der Waals surface area contributed by atoms with Gasteiger partial charge < -0.3 is 35.9 Å². The van der Waals surface area contributed by atoms with Crippen molar-refractivity contribution in [3.05, 3.63) is 22.7 Å². The molecule has 0 amide bonds. The lowest BCUT2D eigenvalue weighted by atomic mass is 10.1. The second-order valence-corrected chi connectivity index (χ2v) is 5.61. The van der Waals surface area contributed by atoms with Crippen molar-refractivity contribution in [1.82, 2.24) is 9.55 Å². The van der Waals surface area contributed by atoms with Crippen LogP contribution in [0.5, 0.6) is 0 Å². The van der Waals surface area contributed by atoms with Crippen LogP contribution in [0, 0.1) is 0 Å². The molecule has 1 aromatic rings. The topological polar surface area (TPSA) is 209 Å². The van der Waals surface area contributed by atoms with Crippen molar-refractivity contribution in [2.45, 2.75) is 24.5 Å². The van der Waals surface area contributed by atoms with Crippen LogP contribution in [0.15, 0.2) is 17.1 Å². The highest BCUT2D eigenvalue weighted by Gasteiger charge is 2.44. The molecule has 126 valence electrons. The van der Waals surface area contributed by atoms with Gasteiger partial charge in [-0.2, -0.15) is 4.98 Å². The van der Waals surface area contributed by atoms with Crippen LogP contribution in [0.4, 0.5) is 5.82 Å². The Hall–Kier alpha value is -1.37. The number of aliphatic hydroxyl groups excluding tert-OH is 2. The predicted molar refractivity (Wildman–Crippen MR) is 70.4 cm³/mol. The van der Waals surface area contributed by atoms with Gasteiger partial charge in [-0.05, 0) is 6.07 Å². The third-order valence-corrected chi connectivity index (χ3v) is 3.36. The zero-order valence-electron chi connectivity index (χ0n) is 11.0. The number of ether oxygens (including phenoxy) is 1. The SMILES string of the molecule is Nc1ccn([C@@H]2O[C@H](COP(=O)(O)O)[C@@H](O)[C@H]2O)c(=O)n1.O. The molecular weight excluding hydrogens is 325 g/mol. The first kappa shape index (κ1) is 18.7. The van der Waals surface area contributed by atoms with Crippen LogP contribution in [0.2, 0.25) is 0 Å². The van der Waals surface area contributed by atoms with E-state index in [0.29, 0.717) is 0 Å². The average Bonchev–Trinajstić information content (AvgIpc) is 2.64. The maximum Gasteiger partial charge on any atom is 0.469 e. The minimum Gasteiger partial charge on any atom is -0.412 e. The number of aromatic nitrogens is 2. The summed E-state index contributed by atoms with van der Waals surface area (Å²) in [6, 6.07) is 1.29. The van der Waals surface area contributed by atoms with E-state index in [1.165, 1.54) is 12.3 Å². The summed E-state index contributed by atoms with van der Waals surface area (Å²) in [7, 11) is -4.74. The molecule has 0 unspecified atom stereocenters. The van der Waals surface area contributed by atoms with E-state index in [1.807, 2.05) is 0 Å². The van der Waals surface area contributed by atoms with Gasteiger partial charge in [-0.3, -0.25) is 9.09 Å². The van der Waals surface area contributed by atoms with Crippen LogP contribution in [0.3, 0.4) is 0 Å². The van der Waals surface area contributed by atoms with Crippen molar-refractivity contribution in [2.75, 3.05) is 12.3 Å². The standard InChI is InChI=1S/C9H14N3O8P.H2O/c10-5-1-2-12(9(15)11-5)8-7(14)6(13)4(20-8)3-19-21(16,17)18;/h1-2,4,6-8,13-14H,3H2,(H2,10,11,15)(H2,16,17,18);1H2/t4-,6-,7-,8-;/m1./s1. The summed E-state index contributed by atoms with van der Waals surface area (Å²) in [4.78, 5) is 32.3. The molecule has 0 bridgehead atoms. The van der Waals surface area contributed by atoms with Gasteiger partial charge in [0.25, 0.3) is 0 Å². The highest BCUT2D eigenvalue weighted by atomic mass is 31.2. The molecule has 0 aliphatic carbocycles. The van der Waals surface area contributed by atoms with Gasteiger partial charge in [0.2, 0.25) is 0 Å². The molecule has 0 spiro atoms. The lowest BCUT2D eigenvalue weighted by Gasteiger charge is -2.16. The first-order valence-corrected chi connectivity index (χ1v) is 7.28. The van der Waals surface area contributed by atoms with Gasteiger partial charge in [0, 0.05) is 6.20 Å². The number of rotatable bonds is 4. The van der Waals surface area contributed by atoms with Crippen molar-refractivity contribution in [1.29, 1.82) is 0 Å². The number of anilines is 1. The number of phosphoric acid groups is 1. The van der Waals surface area contributed by atoms with Crippen LogP contribution in [0.1, 0.15) is 6.23 Å². The fourth-order valence-corrected chi connectivity index (χ4v) is 2.23. The number of hydrogen-bond donors (Lipinski definition) is 5. The third kappa shape index (κ3) is 4.09. The second kappa shape index (κ2) is 6.81. The highest BCUT2D eigenvalue weighted by Crippen LogP contribution is 2.38. The lowest BCUT2D eigenvalue weighted by molar-refractivity contribution is -0.0542. The molecule has 0 aromatic carbocycles. The minimum absolute atomic E-state index is 0. The molecule has 0 saturated carbocycles. The minimum atomic E-state index is -4.74. The van der Waals surface area contributed by atoms with Crippen LogP contribution in [0.25, 0.3) is 0 Å². The van der Waals surface area contributed by atoms with E-state index in [-0.39, 0.29) is 11.3 Å².